The monoisotopic (exact) mass is 602 g/mol. The van der Waals surface area contributed by atoms with Crippen molar-refractivity contribution in [2.24, 2.45) is 0 Å². The second kappa shape index (κ2) is 11.0. The van der Waals surface area contributed by atoms with Crippen LogP contribution in [0.3, 0.4) is 0 Å². The Morgan fingerprint density at radius 2 is 1.37 bits per heavy atom. The van der Waals surface area contributed by atoms with E-state index in [1.54, 1.807) is 48.5 Å². The van der Waals surface area contributed by atoms with Crippen molar-refractivity contribution in [3.05, 3.63) is 158 Å². The number of hydrogen-bond donors (Lipinski definition) is 0. The van der Waals surface area contributed by atoms with E-state index in [1.165, 1.54) is 0 Å². The van der Waals surface area contributed by atoms with Crippen LogP contribution in [0, 0.1) is 10.4 Å². The molecule has 2 aliphatic rings. The highest BCUT2D eigenvalue weighted by Crippen LogP contribution is 2.39. The van der Waals surface area contributed by atoms with Crippen LogP contribution in [0.2, 0.25) is 5.02 Å². The van der Waals surface area contributed by atoms with Crippen molar-refractivity contribution in [3.8, 4) is 11.5 Å². The van der Waals surface area contributed by atoms with Crippen LogP contribution in [0.5, 0.6) is 11.5 Å². The molecule has 2 aliphatic carbocycles. The van der Waals surface area contributed by atoms with Gasteiger partial charge in [0.05, 0.1) is 10.1 Å². The van der Waals surface area contributed by atoms with Gasteiger partial charge in [-0.15, -0.1) is 0 Å². The standard InChI is InChI=1S/C37H27ClO4S/c38-26-11-13-27(14-12-26)42-28-15-17-29(18-16-28)43(40,41)35-23-22-34(37(39)25-7-2-1-3-8-25)33-21-20-31-30-9-5-4-6-24(30)10-19-32(31)36(33)35/h1-18,20-21,35H,19,22-23H2. The van der Waals surface area contributed by atoms with Crippen LogP contribution in [0.15, 0.2) is 120 Å². The molecule has 0 heterocycles. The highest BCUT2D eigenvalue weighted by atomic mass is 35.5. The Labute approximate surface area is 254 Å². The molecule has 0 radical (unpaired) electrons. The topological polar surface area (TPSA) is 60.4 Å². The summed E-state index contributed by atoms with van der Waals surface area (Å²) >= 11 is 5.98. The maximum absolute atomic E-state index is 14.4. The first kappa shape index (κ1) is 27.4. The van der Waals surface area contributed by atoms with Crippen molar-refractivity contribution in [3.63, 3.8) is 0 Å². The predicted octanol–water partition coefficient (Wildman–Crippen LogP) is 7.10. The Bertz CT molecular complexity index is 2210. The Kier molecular flexibility index (Phi) is 7.00. The molecule has 7 rings (SSSR count). The summed E-state index contributed by atoms with van der Waals surface area (Å²) < 4.78 is 34.6. The van der Waals surface area contributed by atoms with Crippen molar-refractivity contribution in [2.45, 2.75) is 29.4 Å². The first-order valence-corrected chi connectivity index (χ1v) is 16.1. The molecular formula is C37H27ClO4S. The van der Waals surface area contributed by atoms with E-state index in [9.17, 15) is 13.2 Å². The second-order valence-electron chi connectivity index (χ2n) is 10.8. The van der Waals surface area contributed by atoms with Gasteiger partial charge in [0.15, 0.2) is 15.6 Å². The lowest BCUT2D eigenvalue weighted by Crippen LogP contribution is -2.31. The number of Topliss-reactive ketones (excluding diaryl/α,β-unsaturated/α-hetero) is 1. The van der Waals surface area contributed by atoms with E-state index in [4.69, 9.17) is 16.3 Å². The van der Waals surface area contributed by atoms with Crippen molar-refractivity contribution < 1.29 is 17.9 Å². The Morgan fingerprint density at radius 3 is 2.12 bits per heavy atom. The minimum Gasteiger partial charge on any atom is -0.457 e. The summed E-state index contributed by atoms with van der Waals surface area (Å²) in [6.07, 6.45) is 3.45. The molecule has 0 spiro atoms. The van der Waals surface area contributed by atoms with E-state index in [1.807, 2.05) is 48.5 Å². The Hall–Kier alpha value is -4.45. The lowest BCUT2D eigenvalue weighted by Gasteiger charge is -2.28. The van der Waals surface area contributed by atoms with Gasteiger partial charge in [0, 0.05) is 16.2 Å². The van der Waals surface area contributed by atoms with Crippen molar-refractivity contribution in [1.29, 1.82) is 0 Å². The van der Waals surface area contributed by atoms with Gasteiger partial charge in [-0.3, -0.25) is 4.79 Å². The van der Waals surface area contributed by atoms with E-state index in [0.29, 0.717) is 46.9 Å². The summed E-state index contributed by atoms with van der Waals surface area (Å²) in [4.78, 5) is 14.0. The smallest absolute Gasteiger partial charge is 0.189 e. The van der Waals surface area contributed by atoms with Crippen molar-refractivity contribution >= 4 is 38.9 Å². The van der Waals surface area contributed by atoms with E-state index in [-0.39, 0.29) is 10.7 Å². The van der Waals surface area contributed by atoms with Gasteiger partial charge < -0.3 is 4.74 Å². The maximum atomic E-state index is 14.4. The van der Waals surface area contributed by atoms with Gasteiger partial charge in [-0.1, -0.05) is 84.4 Å². The molecule has 4 nitrogen and oxygen atoms in total. The largest absolute Gasteiger partial charge is 0.457 e. The number of fused-ring (bicyclic) bond motifs is 4. The molecule has 0 aromatic heterocycles. The van der Waals surface area contributed by atoms with Gasteiger partial charge in [0.1, 0.15) is 11.5 Å². The predicted molar refractivity (Wildman–Crippen MR) is 169 cm³/mol. The Morgan fingerprint density at radius 1 is 0.721 bits per heavy atom. The molecule has 0 amide bonds. The number of benzene rings is 5. The number of sulfone groups is 1. The molecule has 0 bridgehead atoms. The van der Waals surface area contributed by atoms with Gasteiger partial charge in [0.25, 0.3) is 0 Å². The van der Waals surface area contributed by atoms with Crippen LogP contribution in [-0.4, -0.2) is 14.2 Å². The van der Waals surface area contributed by atoms with Crippen LogP contribution in [0.4, 0.5) is 0 Å². The zero-order valence-corrected chi connectivity index (χ0v) is 24.7. The third-order valence-corrected chi connectivity index (χ3v) is 10.7. The molecule has 1 atom stereocenters. The lowest BCUT2D eigenvalue weighted by molar-refractivity contribution is 0.105. The first-order chi connectivity index (χ1) is 20.9. The van der Waals surface area contributed by atoms with E-state index in [0.717, 1.165) is 32.0 Å². The first-order valence-electron chi connectivity index (χ1n) is 14.2. The fourth-order valence-corrected chi connectivity index (χ4v) is 8.24. The minimum absolute atomic E-state index is 0.0541. The molecule has 0 saturated carbocycles. The molecule has 5 aromatic rings. The van der Waals surface area contributed by atoms with Gasteiger partial charge >= 0.3 is 0 Å². The normalized spacial score (nSPS) is 15.5. The summed E-state index contributed by atoms with van der Waals surface area (Å²) in [7, 11) is -3.81. The van der Waals surface area contributed by atoms with Crippen LogP contribution in [-0.2, 0) is 16.3 Å². The molecule has 0 aliphatic heterocycles. The highest BCUT2D eigenvalue weighted by molar-refractivity contribution is 7.91. The molecule has 212 valence electrons. The number of ether oxygens (including phenoxy) is 1. The average molecular weight is 603 g/mol. The molecule has 0 fully saturated rings. The summed E-state index contributed by atoms with van der Waals surface area (Å²) in [6.45, 7) is 0. The molecule has 0 saturated heterocycles. The van der Waals surface area contributed by atoms with Gasteiger partial charge in [-0.05, 0) is 99.8 Å². The number of hydrogen-bond acceptors (Lipinski definition) is 4. The van der Waals surface area contributed by atoms with Crippen molar-refractivity contribution in [1.82, 2.24) is 0 Å². The summed E-state index contributed by atoms with van der Waals surface area (Å²) in [5.41, 5.74) is 3.00. The zero-order valence-electron chi connectivity index (χ0n) is 23.2. The Balaban J connectivity index is 1.37. The maximum Gasteiger partial charge on any atom is 0.189 e. The number of rotatable bonds is 6. The SMILES string of the molecule is O=C(C1=c2ccc3c(c2C(S(=O)(=O)c2ccc(Oc4ccc(Cl)cc4)cc2)CC1)CC=c1ccccc1=3)c1ccccc1. The molecule has 6 heteroatoms. The van der Waals surface area contributed by atoms with E-state index < -0.39 is 15.1 Å². The molecule has 0 N–H and O–H groups in total. The fraction of sp³-hybridized carbons (Fsp3) is 0.108. The van der Waals surface area contributed by atoms with Gasteiger partial charge in [0.2, 0.25) is 0 Å². The number of ketones is 1. The van der Waals surface area contributed by atoms with E-state index >= 15 is 0 Å². The van der Waals surface area contributed by atoms with Crippen LogP contribution in [0.1, 0.15) is 39.6 Å². The minimum atomic E-state index is -3.81. The number of carbonyl (C=O) groups is 1. The second-order valence-corrected chi connectivity index (χ2v) is 13.4. The van der Waals surface area contributed by atoms with Gasteiger partial charge in [-0.25, -0.2) is 8.42 Å². The zero-order chi connectivity index (χ0) is 29.6. The van der Waals surface area contributed by atoms with E-state index in [2.05, 4.69) is 24.3 Å². The van der Waals surface area contributed by atoms with Crippen LogP contribution in [0.25, 0.3) is 11.6 Å². The summed E-state index contributed by atoms with van der Waals surface area (Å²) in [5, 5.41) is 3.79. The molecular weight excluding hydrogens is 576 g/mol. The highest BCUT2D eigenvalue weighted by Gasteiger charge is 2.36. The average Bonchev–Trinajstić information content (AvgIpc) is 3.05. The summed E-state index contributed by atoms with van der Waals surface area (Å²) in [6, 6.07) is 34.9. The third kappa shape index (κ3) is 4.99. The molecule has 5 aromatic carbocycles. The molecule has 1 unspecified atom stereocenters. The third-order valence-electron chi connectivity index (χ3n) is 8.32. The molecule has 43 heavy (non-hydrogen) atoms. The van der Waals surface area contributed by atoms with Crippen LogP contribution < -0.4 is 15.2 Å². The quantitative estimate of drug-likeness (QED) is 0.195. The number of carbonyl (C=O) groups excluding carboxylic acids is 1. The summed E-state index contributed by atoms with van der Waals surface area (Å²) in [5.74, 6) is 1.08. The van der Waals surface area contributed by atoms with Crippen LogP contribution >= 0.6 is 11.6 Å². The lowest BCUT2D eigenvalue weighted by atomic mass is 9.83. The van der Waals surface area contributed by atoms with Gasteiger partial charge in [-0.2, -0.15) is 0 Å². The van der Waals surface area contributed by atoms with Crippen molar-refractivity contribution in [2.75, 3.05) is 0 Å². The fourth-order valence-electron chi connectivity index (χ4n) is 6.26. The number of halogens is 1.